The number of nitrogens with one attached hydrogen (secondary N) is 2. The number of hydrogen-bond acceptors (Lipinski definition) is 5. The van der Waals surface area contributed by atoms with Gasteiger partial charge in [0.1, 0.15) is 11.5 Å². The number of aryl methyl sites for hydroxylation is 1. The van der Waals surface area contributed by atoms with Gasteiger partial charge in [-0.2, -0.15) is 5.10 Å². The molecule has 0 bridgehead atoms. The van der Waals surface area contributed by atoms with Gasteiger partial charge >= 0.3 is 0 Å². The summed E-state index contributed by atoms with van der Waals surface area (Å²) in [5.41, 5.74) is 4.65. The molecular formula is C31H31N7O2. The van der Waals surface area contributed by atoms with Gasteiger partial charge in [-0.05, 0) is 85.5 Å². The Bertz CT molecular complexity index is 1660. The van der Waals surface area contributed by atoms with Crippen LogP contribution in [0.2, 0.25) is 0 Å². The van der Waals surface area contributed by atoms with Crippen molar-refractivity contribution in [2.24, 2.45) is 13.0 Å². The van der Waals surface area contributed by atoms with Gasteiger partial charge in [-0.1, -0.05) is 6.92 Å². The zero-order chi connectivity index (χ0) is 27.6. The first-order valence-electron chi connectivity index (χ1n) is 13.5. The number of hydrogen-bond donors (Lipinski definition) is 2. The molecule has 2 N–H and O–H groups in total. The minimum Gasteiger partial charge on any atom is -0.372 e. The van der Waals surface area contributed by atoms with Crippen LogP contribution in [0, 0.1) is 5.92 Å². The van der Waals surface area contributed by atoms with E-state index in [4.69, 9.17) is 0 Å². The highest BCUT2D eigenvalue weighted by molar-refractivity contribution is 6.05. The Morgan fingerprint density at radius 1 is 0.875 bits per heavy atom. The van der Waals surface area contributed by atoms with E-state index in [2.05, 4.69) is 32.5 Å². The van der Waals surface area contributed by atoms with Gasteiger partial charge in [0.15, 0.2) is 0 Å². The first-order valence-corrected chi connectivity index (χ1v) is 13.5. The number of carbonyl (C=O) groups excluding carboxylic acids is 2. The number of piperidine rings is 1. The summed E-state index contributed by atoms with van der Waals surface area (Å²) in [5.74, 6) is 0.866. The van der Waals surface area contributed by atoms with Crippen molar-refractivity contribution in [2.45, 2.75) is 19.8 Å². The van der Waals surface area contributed by atoms with Gasteiger partial charge in [-0.25, -0.2) is 9.67 Å². The Kier molecular flexibility index (Phi) is 6.77. The topological polar surface area (TPSA) is 97.1 Å². The van der Waals surface area contributed by atoms with E-state index < -0.39 is 0 Å². The van der Waals surface area contributed by atoms with Crippen LogP contribution in [0.3, 0.4) is 0 Å². The summed E-state index contributed by atoms with van der Waals surface area (Å²) < 4.78 is 3.55. The van der Waals surface area contributed by atoms with Crippen LogP contribution in [0.5, 0.6) is 0 Å². The molecule has 4 heterocycles. The van der Waals surface area contributed by atoms with Crippen LogP contribution in [-0.2, 0) is 7.05 Å². The van der Waals surface area contributed by atoms with Crippen LogP contribution >= 0.6 is 0 Å². The molecule has 2 amide bonds. The molecule has 3 aromatic heterocycles. The maximum atomic E-state index is 12.9. The van der Waals surface area contributed by atoms with Crippen molar-refractivity contribution in [2.75, 3.05) is 28.6 Å². The van der Waals surface area contributed by atoms with E-state index >= 15 is 0 Å². The van der Waals surface area contributed by atoms with E-state index in [-0.39, 0.29) is 11.8 Å². The molecule has 0 radical (unpaired) electrons. The van der Waals surface area contributed by atoms with E-state index in [9.17, 15) is 9.59 Å². The van der Waals surface area contributed by atoms with Crippen molar-refractivity contribution in [1.29, 1.82) is 0 Å². The molecule has 1 saturated heterocycles. The molecule has 0 atom stereocenters. The number of anilines is 3. The van der Waals surface area contributed by atoms with Gasteiger partial charge in [0, 0.05) is 48.7 Å². The lowest BCUT2D eigenvalue weighted by molar-refractivity contribution is 0.101. The molecule has 202 valence electrons. The number of carbonyl (C=O) groups is 2. The van der Waals surface area contributed by atoms with Crippen LogP contribution in [0.15, 0.2) is 85.3 Å². The van der Waals surface area contributed by atoms with Crippen LogP contribution in [0.25, 0.3) is 16.6 Å². The average Bonchev–Trinajstić information content (AvgIpc) is 3.60. The largest absolute Gasteiger partial charge is 0.372 e. The maximum absolute atomic E-state index is 12.9. The van der Waals surface area contributed by atoms with Gasteiger partial charge in [0.2, 0.25) is 0 Å². The Morgan fingerprint density at radius 2 is 1.60 bits per heavy atom. The van der Waals surface area contributed by atoms with Crippen molar-refractivity contribution in [1.82, 2.24) is 19.3 Å². The molecule has 9 nitrogen and oxygen atoms in total. The lowest BCUT2D eigenvalue weighted by Gasteiger charge is -2.32. The lowest BCUT2D eigenvalue weighted by atomic mass is 9.98. The number of rotatable bonds is 6. The molecule has 2 aromatic carbocycles. The van der Waals surface area contributed by atoms with Crippen LogP contribution in [0.4, 0.5) is 17.2 Å². The minimum absolute atomic E-state index is 0.170. The highest BCUT2D eigenvalue weighted by Crippen LogP contribution is 2.24. The number of benzene rings is 2. The molecule has 6 rings (SSSR count). The molecule has 0 aliphatic carbocycles. The van der Waals surface area contributed by atoms with E-state index in [0.717, 1.165) is 41.3 Å². The van der Waals surface area contributed by atoms with E-state index in [1.165, 1.54) is 12.8 Å². The van der Waals surface area contributed by atoms with Gasteiger partial charge in [-0.15, -0.1) is 0 Å². The summed E-state index contributed by atoms with van der Waals surface area (Å²) >= 11 is 0. The van der Waals surface area contributed by atoms with Crippen molar-refractivity contribution in [3.05, 3.63) is 96.6 Å². The number of nitrogens with zero attached hydrogens (tertiary/aromatic N) is 5. The first-order chi connectivity index (χ1) is 19.4. The predicted molar refractivity (Wildman–Crippen MR) is 157 cm³/mol. The first kappa shape index (κ1) is 25.4. The molecule has 5 aromatic rings. The fraction of sp³-hybridized carbons (Fsp3) is 0.226. The number of pyridine rings is 1. The van der Waals surface area contributed by atoms with Crippen LogP contribution < -0.4 is 15.5 Å². The standard InChI is InChI=1S/C31H31N7O2/c1-21-13-16-37(17-14-21)25-9-5-22(6-10-25)30(39)35-29-18-23-19-33-38(28(23)20-32-29)26-11-7-24(8-12-26)34-31(40)27-4-3-15-36(27)2/h3-12,15,18-21H,13-14,16-17H2,1-2H3,(H,34,40)(H,32,35,39). The third-order valence-electron chi connectivity index (χ3n) is 7.52. The smallest absolute Gasteiger partial charge is 0.272 e. The average molecular weight is 534 g/mol. The van der Waals surface area contributed by atoms with Gasteiger partial charge in [-0.3, -0.25) is 9.59 Å². The summed E-state index contributed by atoms with van der Waals surface area (Å²) in [7, 11) is 1.83. The third kappa shape index (κ3) is 5.18. The van der Waals surface area contributed by atoms with E-state index in [1.807, 2.05) is 73.9 Å². The highest BCUT2D eigenvalue weighted by atomic mass is 16.2. The second-order valence-corrected chi connectivity index (χ2v) is 10.4. The fourth-order valence-electron chi connectivity index (χ4n) is 5.06. The molecule has 0 saturated carbocycles. The van der Waals surface area contributed by atoms with E-state index in [1.54, 1.807) is 27.7 Å². The van der Waals surface area contributed by atoms with Crippen LogP contribution in [0.1, 0.15) is 40.6 Å². The SMILES string of the molecule is CC1CCN(c2ccc(C(=O)Nc3cc4cnn(-c5ccc(NC(=O)c6cccn6C)cc5)c4cn3)cc2)CC1. The summed E-state index contributed by atoms with van der Waals surface area (Å²) in [4.78, 5) is 32.2. The molecule has 1 aliphatic rings. The van der Waals surface area contributed by atoms with Gasteiger partial charge < -0.3 is 20.1 Å². The predicted octanol–water partition coefficient (Wildman–Crippen LogP) is 5.50. The lowest BCUT2D eigenvalue weighted by Crippen LogP contribution is -2.32. The number of amides is 2. The zero-order valence-corrected chi connectivity index (χ0v) is 22.5. The second-order valence-electron chi connectivity index (χ2n) is 10.4. The van der Waals surface area contributed by atoms with E-state index in [0.29, 0.717) is 22.8 Å². The number of aromatic nitrogens is 4. The zero-order valence-electron chi connectivity index (χ0n) is 22.5. The Hall–Kier alpha value is -4.92. The van der Waals surface area contributed by atoms with Crippen LogP contribution in [-0.4, -0.2) is 44.2 Å². The summed E-state index contributed by atoms with van der Waals surface area (Å²) in [6.07, 6.45) is 7.67. The van der Waals surface area contributed by atoms with Crippen molar-refractivity contribution in [3.8, 4) is 5.69 Å². The number of fused-ring (bicyclic) bond motifs is 1. The molecule has 0 spiro atoms. The molecule has 1 aliphatic heterocycles. The van der Waals surface area contributed by atoms with Gasteiger partial charge in [0.25, 0.3) is 11.8 Å². The molecule has 0 unspecified atom stereocenters. The second kappa shape index (κ2) is 10.7. The molecular weight excluding hydrogens is 502 g/mol. The minimum atomic E-state index is -0.203. The third-order valence-corrected chi connectivity index (χ3v) is 7.52. The summed E-state index contributed by atoms with van der Waals surface area (Å²) in [5, 5.41) is 11.2. The fourth-order valence-corrected chi connectivity index (χ4v) is 5.06. The van der Waals surface area contributed by atoms with Crippen molar-refractivity contribution < 1.29 is 9.59 Å². The summed E-state index contributed by atoms with van der Waals surface area (Å²) in [6, 6.07) is 20.6. The Balaban J connectivity index is 1.12. The monoisotopic (exact) mass is 533 g/mol. The molecule has 9 heteroatoms. The quantitative estimate of drug-likeness (QED) is 0.300. The highest BCUT2D eigenvalue weighted by Gasteiger charge is 2.17. The summed E-state index contributed by atoms with van der Waals surface area (Å²) in [6.45, 7) is 4.41. The maximum Gasteiger partial charge on any atom is 0.272 e. The molecule has 40 heavy (non-hydrogen) atoms. The molecule has 1 fully saturated rings. The Labute approximate surface area is 232 Å². The van der Waals surface area contributed by atoms with Gasteiger partial charge in [0.05, 0.1) is 23.6 Å². The van der Waals surface area contributed by atoms with Crippen molar-refractivity contribution >= 4 is 39.9 Å². The normalized spacial score (nSPS) is 13.9. The van der Waals surface area contributed by atoms with Crippen molar-refractivity contribution in [3.63, 3.8) is 0 Å². The Morgan fingerprint density at radius 3 is 2.30 bits per heavy atom.